The predicted octanol–water partition coefficient (Wildman–Crippen LogP) is 2.34. The number of nitrogens with one attached hydrogen (secondary N) is 1. The van der Waals surface area contributed by atoms with Gasteiger partial charge in [0.25, 0.3) is 10.0 Å². The van der Waals surface area contributed by atoms with Crippen molar-refractivity contribution >= 4 is 10.0 Å². The molecule has 0 spiro atoms. The van der Waals surface area contributed by atoms with E-state index >= 15 is 0 Å². The molecule has 7 nitrogen and oxygen atoms in total. The molecule has 23 heavy (non-hydrogen) atoms. The van der Waals surface area contributed by atoms with Crippen molar-refractivity contribution in [3.63, 3.8) is 0 Å². The minimum atomic E-state index is -3.66. The Labute approximate surface area is 137 Å². The Morgan fingerprint density at radius 3 is 2.43 bits per heavy atom. The lowest BCUT2D eigenvalue weighted by Gasteiger charge is -2.17. The first-order valence-electron chi connectivity index (χ1n) is 7.78. The van der Waals surface area contributed by atoms with Crippen LogP contribution in [0.4, 0.5) is 0 Å². The maximum atomic E-state index is 12.7. The third-order valence-electron chi connectivity index (χ3n) is 3.90. The molecular weight excluding hydrogens is 314 g/mol. The monoisotopic (exact) mass is 339 g/mol. The molecule has 0 unspecified atom stereocenters. The van der Waals surface area contributed by atoms with E-state index in [1.807, 2.05) is 46.2 Å². The van der Waals surface area contributed by atoms with Crippen molar-refractivity contribution < 1.29 is 8.42 Å². The predicted molar refractivity (Wildman–Crippen MR) is 88.7 cm³/mol. The van der Waals surface area contributed by atoms with Gasteiger partial charge in [0.2, 0.25) is 0 Å². The van der Waals surface area contributed by atoms with Crippen molar-refractivity contribution in [1.29, 1.82) is 0 Å². The van der Waals surface area contributed by atoms with Gasteiger partial charge in [0.05, 0.1) is 11.9 Å². The molecule has 0 bridgehead atoms. The van der Waals surface area contributed by atoms with E-state index in [9.17, 15) is 8.42 Å². The highest BCUT2D eigenvalue weighted by Crippen LogP contribution is 2.24. The molecule has 0 aliphatic rings. The molecule has 0 radical (unpaired) electrons. The fourth-order valence-corrected chi connectivity index (χ4v) is 4.35. The minimum absolute atomic E-state index is 0.0294. The van der Waals surface area contributed by atoms with E-state index in [0.717, 1.165) is 23.5 Å². The number of sulfonamides is 1. The Morgan fingerprint density at radius 1 is 1.26 bits per heavy atom. The molecule has 2 aromatic heterocycles. The van der Waals surface area contributed by atoms with Gasteiger partial charge in [-0.15, -0.1) is 0 Å². The van der Waals surface area contributed by atoms with E-state index in [-0.39, 0.29) is 17.1 Å². The number of aromatic nitrogens is 4. The maximum absolute atomic E-state index is 12.7. The zero-order valence-electron chi connectivity index (χ0n) is 14.5. The Morgan fingerprint density at radius 2 is 1.91 bits per heavy atom. The minimum Gasteiger partial charge on any atom is -0.270 e. The summed E-state index contributed by atoms with van der Waals surface area (Å²) in [5.41, 5.74) is 2.75. The fraction of sp³-hybridized carbons (Fsp3) is 0.600. The smallest absolute Gasteiger partial charge is 0.258 e. The van der Waals surface area contributed by atoms with Gasteiger partial charge >= 0.3 is 0 Å². The van der Waals surface area contributed by atoms with Gasteiger partial charge in [0.1, 0.15) is 0 Å². The molecule has 1 N–H and O–H groups in total. The number of aryl methyl sites for hydroxylation is 2. The van der Waals surface area contributed by atoms with Crippen LogP contribution >= 0.6 is 0 Å². The first kappa shape index (κ1) is 17.7. The molecule has 0 saturated heterocycles. The van der Waals surface area contributed by atoms with Gasteiger partial charge in [-0.1, -0.05) is 0 Å². The topological polar surface area (TPSA) is 81.8 Å². The van der Waals surface area contributed by atoms with Crippen molar-refractivity contribution in [3.05, 3.63) is 29.2 Å². The van der Waals surface area contributed by atoms with Gasteiger partial charge in [0, 0.05) is 29.9 Å². The van der Waals surface area contributed by atoms with Crippen LogP contribution < -0.4 is 4.72 Å². The average Bonchev–Trinajstić information content (AvgIpc) is 3.03. The first-order valence-corrected chi connectivity index (χ1v) is 9.27. The van der Waals surface area contributed by atoms with Gasteiger partial charge in [-0.25, -0.2) is 13.1 Å². The molecule has 8 heteroatoms. The number of nitrogens with zero attached hydrogens (tertiary/aromatic N) is 4. The van der Waals surface area contributed by atoms with Gasteiger partial charge in [-0.05, 0) is 47.6 Å². The van der Waals surface area contributed by atoms with Crippen molar-refractivity contribution in [2.24, 2.45) is 0 Å². The summed E-state index contributed by atoms with van der Waals surface area (Å²) < 4.78 is 31.5. The van der Waals surface area contributed by atoms with Gasteiger partial charge < -0.3 is 0 Å². The van der Waals surface area contributed by atoms with Crippen LogP contribution in [0.5, 0.6) is 0 Å². The van der Waals surface area contributed by atoms with Crippen LogP contribution in [0, 0.1) is 13.8 Å². The molecule has 2 rings (SSSR count). The normalized spacial score (nSPS) is 13.7. The van der Waals surface area contributed by atoms with E-state index in [4.69, 9.17) is 0 Å². The van der Waals surface area contributed by atoms with Crippen LogP contribution in [0.2, 0.25) is 0 Å². The zero-order chi connectivity index (χ0) is 17.4. The Bertz CT molecular complexity index is 789. The molecule has 2 heterocycles. The van der Waals surface area contributed by atoms with Crippen molar-refractivity contribution in [3.8, 4) is 0 Å². The molecule has 0 aliphatic heterocycles. The standard InChI is InChI=1S/C15H25N5O2S/c1-7-19-13(6)15(11(4)17-19)12(5)18-23(21,22)14-8-9-16-20(14)10(2)3/h8-10,12,18H,7H2,1-6H3/t12-/m0/s1. The molecule has 0 amide bonds. The molecule has 0 saturated carbocycles. The third-order valence-corrected chi connectivity index (χ3v) is 5.44. The Hall–Kier alpha value is -1.67. The number of rotatable bonds is 6. The Kier molecular flexibility index (Phi) is 4.95. The lowest BCUT2D eigenvalue weighted by Crippen LogP contribution is -2.30. The molecule has 0 fully saturated rings. The summed E-state index contributed by atoms with van der Waals surface area (Å²) >= 11 is 0. The van der Waals surface area contributed by atoms with Crippen LogP contribution in [0.15, 0.2) is 17.3 Å². The summed E-state index contributed by atoms with van der Waals surface area (Å²) in [6.07, 6.45) is 1.50. The molecule has 128 valence electrons. The first-order chi connectivity index (χ1) is 10.7. The van der Waals surface area contributed by atoms with E-state index in [1.165, 1.54) is 16.9 Å². The van der Waals surface area contributed by atoms with E-state index in [2.05, 4.69) is 14.9 Å². The second-order valence-corrected chi connectivity index (χ2v) is 7.61. The maximum Gasteiger partial charge on any atom is 0.258 e. The summed E-state index contributed by atoms with van der Waals surface area (Å²) in [7, 11) is -3.66. The zero-order valence-corrected chi connectivity index (χ0v) is 15.3. The lowest BCUT2D eigenvalue weighted by atomic mass is 10.1. The van der Waals surface area contributed by atoms with Crippen molar-refractivity contribution in [1.82, 2.24) is 24.3 Å². The largest absolute Gasteiger partial charge is 0.270 e. The van der Waals surface area contributed by atoms with Crippen LogP contribution in [-0.4, -0.2) is 28.0 Å². The fourth-order valence-electron chi connectivity index (χ4n) is 2.90. The average molecular weight is 339 g/mol. The molecule has 0 aromatic carbocycles. The van der Waals surface area contributed by atoms with Crippen LogP contribution in [-0.2, 0) is 16.6 Å². The van der Waals surface area contributed by atoms with Crippen molar-refractivity contribution in [2.45, 2.75) is 65.2 Å². The Balaban J connectivity index is 2.34. The SMILES string of the molecule is CCn1nc(C)c([C@H](C)NS(=O)(=O)c2ccnn2C(C)C)c1C. The third kappa shape index (κ3) is 3.32. The van der Waals surface area contributed by atoms with Crippen LogP contribution in [0.25, 0.3) is 0 Å². The van der Waals surface area contributed by atoms with Crippen molar-refractivity contribution in [2.75, 3.05) is 0 Å². The molecular formula is C15H25N5O2S. The highest BCUT2D eigenvalue weighted by Gasteiger charge is 2.26. The molecule has 2 aromatic rings. The van der Waals surface area contributed by atoms with Crippen LogP contribution in [0.1, 0.15) is 56.7 Å². The van der Waals surface area contributed by atoms with Crippen LogP contribution in [0.3, 0.4) is 0 Å². The number of hydrogen-bond donors (Lipinski definition) is 1. The van der Waals surface area contributed by atoms with Gasteiger partial charge in [-0.2, -0.15) is 10.2 Å². The molecule has 1 atom stereocenters. The quantitative estimate of drug-likeness (QED) is 0.876. The van der Waals surface area contributed by atoms with E-state index in [1.54, 1.807) is 0 Å². The summed E-state index contributed by atoms with van der Waals surface area (Å²) in [6.45, 7) is 12.3. The second kappa shape index (κ2) is 6.45. The summed E-state index contributed by atoms with van der Waals surface area (Å²) in [5.74, 6) is 0. The summed E-state index contributed by atoms with van der Waals surface area (Å²) in [4.78, 5) is 0. The lowest BCUT2D eigenvalue weighted by molar-refractivity contribution is 0.473. The number of hydrogen-bond acceptors (Lipinski definition) is 4. The molecule has 0 aliphatic carbocycles. The highest BCUT2D eigenvalue weighted by molar-refractivity contribution is 7.89. The van der Waals surface area contributed by atoms with E-state index in [0.29, 0.717) is 0 Å². The highest BCUT2D eigenvalue weighted by atomic mass is 32.2. The summed E-state index contributed by atoms with van der Waals surface area (Å²) in [6, 6.07) is 1.12. The van der Waals surface area contributed by atoms with Gasteiger partial charge in [0.15, 0.2) is 5.03 Å². The van der Waals surface area contributed by atoms with E-state index < -0.39 is 10.0 Å². The van der Waals surface area contributed by atoms with Gasteiger partial charge in [-0.3, -0.25) is 9.36 Å². The second-order valence-electron chi connectivity index (χ2n) is 5.95. The summed E-state index contributed by atoms with van der Waals surface area (Å²) in [5, 5.41) is 8.73.